The van der Waals surface area contributed by atoms with E-state index in [1.165, 1.54) is 0 Å². The number of ether oxygens (including phenoxy) is 2. The molecule has 162 valence electrons. The zero-order chi connectivity index (χ0) is 21.6. The normalized spacial score (nSPS) is 14.7. The van der Waals surface area contributed by atoms with E-state index >= 15 is 0 Å². The predicted octanol–water partition coefficient (Wildman–Crippen LogP) is 4.23. The summed E-state index contributed by atoms with van der Waals surface area (Å²) in [7, 11) is 1.63. The third kappa shape index (κ3) is 5.35. The molecule has 31 heavy (non-hydrogen) atoms. The Morgan fingerprint density at radius 2 is 2.03 bits per heavy atom. The molecule has 1 aliphatic heterocycles. The minimum Gasteiger partial charge on any atom is -0.497 e. The van der Waals surface area contributed by atoms with Gasteiger partial charge in [0.25, 0.3) is 5.91 Å². The smallest absolute Gasteiger partial charge is 0.261 e. The zero-order valence-electron chi connectivity index (χ0n) is 17.3. The average molecular weight is 442 g/mol. The Morgan fingerprint density at radius 3 is 2.84 bits per heavy atom. The first-order valence-corrected chi connectivity index (χ1v) is 10.7. The molecule has 1 N–H and O–H groups in total. The van der Waals surface area contributed by atoms with Crippen LogP contribution in [0.5, 0.6) is 11.5 Å². The molecule has 4 rings (SSSR count). The number of methoxy groups -OCH3 is 1. The third-order valence-electron chi connectivity index (χ3n) is 5.17. The number of fused-ring (bicyclic) bond motifs is 1. The number of unbranched alkanes of at least 4 members (excludes halogenated alkanes) is 2. The van der Waals surface area contributed by atoms with Gasteiger partial charge in [-0.05, 0) is 60.9 Å². The van der Waals surface area contributed by atoms with Crippen molar-refractivity contribution >= 4 is 17.5 Å². The Morgan fingerprint density at radius 1 is 1.19 bits per heavy atom. The topological polar surface area (TPSA) is 86.5 Å². The summed E-state index contributed by atoms with van der Waals surface area (Å²) >= 11 is 5.99. The predicted molar refractivity (Wildman–Crippen MR) is 116 cm³/mol. The van der Waals surface area contributed by atoms with E-state index in [9.17, 15) is 4.79 Å². The fourth-order valence-corrected chi connectivity index (χ4v) is 3.68. The zero-order valence-corrected chi connectivity index (χ0v) is 18.0. The van der Waals surface area contributed by atoms with Gasteiger partial charge in [0, 0.05) is 30.0 Å². The summed E-state index contributed by atoms with van der Waals surface area (Å²) < 4.78 is 16.2. The monoisotopic (exact) mass is 441 g/mol. The molecule has 0 unspecified atom stereocenters. The van der Waals surface area contributed by atoms with Gasteiger partial charge in [0.15, 0.2) is 6.10 Å². The van der Waals surface area contributed by atoms with Gasteiger partial charge in [-0.15, -0.1) is 0 Å². The number of carbonyl (C=O) groups excluding carboxylic acids is 1. The van der Waals surface area contributed by atoms with Crippen molar-refractivity contribution in [2.75, 3.05) is 13.7 Å². The number of nitrogens with zero attached hydrogens (tertiary/aromatic N) is 2. The van der Waals surface area contributed by atoms with Crippen LogP contribution in [-0.4, -0.2) is 35.8 Å². The van der Waals surface area contributed by atoms with E-state index in [1.54, 1.807) is 13.2 Å². The van der Waals surface area contributed by atoms with Gasteiger partial charge in [0.2, 0.25) is 11.7 Å². The maximum atomic E-state index is 12.3. The molecule has 0 radical (unpaired) electrons. The first-order valence-electron chi connectivity index (χ1n) is 10.3. The number of benzene rings is 2. The van der Waals surface area contributed by atoms with Crippen LogP contribution >= 0.6 is 11.6 Å². The largest absolute Gasteiger partial charge is 0.497 e. The van der Waals surface area contributed by atoms with Crippen LogP contribution in [0.1, 0.15) is 30.7 Å². The maximum Gasteiger partial charge on any atom is 0.261 e. The van der Waals surface area contributed by atoms with Crippen LogP contribution in [0.25, 0.3) is 11.4 Å². The van der Waals surface area contributed by atoms with Gasteiger partial charge >= 0.3 is 0 Å². The molecular weight excluding hydrogens is 418 g/mol. The minimum atomic E-state index is -0.483. The summed E-state index contributed by atoms with van der Waals surface area (Å²) in [6, 6.07) is 13.0. The Balaban J connectivity index is 1.14. The van der Waals surface area contributed by atoms with Gasteiger partial charge in [-0.2, -0.15) is 4.98 Å². The lowest BCUT2D eigenvalue weighted by Crippen LogP contribution is -2.37. The van der Waals surface area contributed by atoms with Gasteiger partial charge in [-0.25, -0.2) is 0 Å². The first kappa shape index (κ1) is 21.2. The molecule has 1 amide bonds. The molecule has 0 saturated heterocycles. The molecular formula is C23H24ClN3O4. The third-order valence-corrected chi connectivity index (χ3v) is 5.41. The van der Waals surface area contributed by atoms with E-state index < -0.39 is 6.10 Å². The van der Waals surface area contributed by atoms with Crippen LogP contribution in [0.15, 0.2) is 47.0 Å². The van der Waals surface area contributed by atoms with E-state index in [1.807, 2.05) is 36.4 Å². The number of aromatic nitrogens is 2. The lowest BCUT2D eigenvalue weighted by Gasteiger charge is -2.11. The standard InChI is InChI=1S/C23H24ClN3O4/c1-29-18-9-6-15(7-10-18)22-26-21(31-27-22)5-3-2-4-12-25-23(28)20-14-16-13-17(24)8-11-19(16)30-20/h6-11,13,20H,2-5,12,14H2,1H3,(H,25,28)/t20-/m0/s1. The highest BCUT2D eigenvalue weighted by Crippen LogP contribution is 2.31. The average Bonchev–Trinajstić information content (AvgIpc) is 3.43. The SMILES string of the molecule is COc1ccc(-c2noc(CCCCCNC(=O)[C@@H]3Cc4cc(Cl)ccc4O3)n2)cc1. The second-order valence-electron chi connectivity index (χ2n) is 7.40. The molecule has 7 nitrogen and oxygen atoms in total. The Labute approximate surface area is 185 Å². The van der Waals surface area contributed by atoms with E-state index in [0.717, 1.165) is 41.9 Å². The van der Waals surface area contributed by atoms with Gasteiger partial charge in [-0.3, -0.25) is 4.79 Å². The number of hydrogen-bond donors (Lipinski definition) is 1. The molecule has 1 atom stereocenters. The van der Waals surface area contributed by atoms with Crippen molar-refractivity contribution in [3.63, 3.8) is 0 Å². The highest BCUT2D eigenvalue weighted by Gasteiger charge is 2.28. The van der Waals surface area contributed by atoms with Crippen molar-refractivity contribution in [3.8, 4) is 22.9 Å². The highest BCUT2D eigenvalue weighted by atomic mass is 35.5. The number of hydrogen-bond acceptors (Lipinski definition) is 6. The fraction of sp³-hybridized carbons (Fsp3) is 0.348. The second-order valence-corrected chi connectivity index (χ2v) is 7.84. The van der Waals surface area contributed by atoms with Crippen LogP contribution in [0.3, 0.4) is 0 Å². The number of amides is 1. The van der Waals surface area contributed by atoms with Crippen LogP contribution < -0.4 is 14.8 Å². The van der Waals surface area contributed by atoms with Crippen LogP contribution in [0.4, 0.5) is 0 Å². The van der Waals surface area contributed by atoms with Crippen LogP contribution in [-0.2, 0) is 17.6 Å². The summed E-state index contributed by atoms with van der Waals surface area (Å²) in [5, 5.41) is 7.64. The van der Waals surface area contributed by atoms with Crippen molar-refractivity contribution in [2.24, 2.45) is 0 Å². The summed E-state index contributed by atoms with van der Waals surface area (Å²) in [5.41, 5.74) is 1.86. The molecule has 1 aromatic heterocycles. The van der Waals surface area contributed by atoms with E-state index in [2.05, 4.69) is 15.5 Å². The molecule has 2 aromatic carbocycles. The van der Waals surface area contributed by atoms with Gasteiger partial charge in [0.05, 0.1) is 7.11 Å². The lowest BCUT2D eigenvalue weighted by molar-refractivity contribution is -0.127. The molecule has 2 heterocycles. The van der Waals surface area contributed by atoms with Crippen molar-refractivity contribution in [1.82, 2.24) is 15.5 Å². The quantitative estimate of drug-likeness (QED) is 0.500. The number of rotatable bonds is 9. The number of aryl methyl sites for hydroxylation is 1. The minimum absolute atomic E-state index is 0.0895. The van der Waals surface area contributed by atoms with Crippen molar-refractivity contribution in [2.45, 2.75) is 38.2 Å². The van der Waals surface area contributed by atoms with Crippen LogP contribution in [0, 0.1) is 0 Å². The van der Waals surface area contributed by atoms with Crippen molar-refractivity contribution < 1.29 is 18.8 Å². The molecule has 8 heteroatoms. The molecule has 0 spiro atoms. The first-order chi connectivity index (χ1) is 15.1. The molecule has 0 aliphatic carbocycles. The second kappa shape index (κ2) is 9.83. The Bertz CT molecular complexity index is 1040. The summed E-state index contributed by atoms with van der Waals surface area (Å²) in [5.74, 6) is 2.62. The Kier molecular flexibility index (Phi) is 6.72. The molecule has 0 saturated carbocycles. The summed E-state index contributed by atoms with van der Waals surface area (Å²) in [4.78, 5) is 16.8. The molecule has 3 aromatic rings. The number of halogens is 1. The molecule has 0 bridgehead atoms. The van der Waals surface area contributed by atoms with Gasteiger partial charge < -0.3 is 19.3 Å². The van der Waals surface area contributed by atoms with Crippen LogP contribution in [0.2, 0.25) is 5.02 Å². The fourth-order valence-electron chi connectivity index (χ4n) is 3.48. The van der Waals surface area contributed by atoms with Crippen molar-refractivity contribution in [3.05, 3.63) is 58.9 Å². The summed E-state index contributed by atoms with van der Waals surface area (Å²) in [6.45, 7) is 0.608. The Hall–Kier alpha value is -3.06. The molecule has 0 fully saturated rings. The lowest BCUT2D eigenvalue weighted by atomic mass is 10.1. The van der Waals surface area contributed by atoms with Gasteiger partial charge in [0.1, 0.15) is 11.5 Å². The molecule has 1 aliphatic rings. The van der Waals surface area contributed by atoms with E-state index in [0.29, 0.717) is 36.1 Å². The number of nitrogens with one attached hydrogen (secondary N) is 1. The van der Waals surface area contributed by atoms with Gasteiger partial charge in [-0.1, -0.05) is 23.2 Å². The van der Waals surface area contributed by atoms with E-state index in [-0.39, 0.29) is 5.91 Å². The summed E-state index contributed by atoms with van der Waals surface area (Å²) in [6.07, 6.45) is 3.50. The van der Waals surface area contributed by atoms with E-state index in [4.69, 9.17) is 25.6 Å². The number of carbonyl (C=O) groups is 1. The highest BCUT2D eigenvalue weighted by molar-refractivity contribution is 6.30. The maximum absolute atomic E-state index is 12.3. The van der Waals surface area contributed by atoms with Crippen molar-refractivity contribution in [1.29, 1.82) is 0 Å².